The van der Waals surface area contributed by atoms with E-state index in [-0.39, 0.29) is 0 Å². The van der Waals surface area contributed by atoms with Crippen LogP contribution in [0.2, 0.25) is 0 Å². The molecule has 1 aromatic heterocycles. The maximum atomic E-state index is 5.92. The van der Waals surface area contributed by atoms with Crippen molar-refractivity contribution in [3.63, 3.8) is 0 Å². The number of hydrogen-bond acceptors (Lipinski definition) is 3. The van der Waals surface area contributed by atoms with Crippen molar-refractivity contribution in [3.05, 3.63) is 24.2 Å². The molecule has 1 saturated carbocycles. The van der Waals surface area contributed by atoms with Gasteiger partial charge in [0.1, 0.15) is 0 Å². The standard InChI is InChI=1S/C13H22N2O/c1-15(9-11-6-7-16-10-11)13(8-14)12-4-2-3-5-12/h6-7,10,12-13H,2-5,8-9,14H2,1H3. The van der Waals surface area contributed by atoms with Gasteiger partial charge in [-0.3, -0.25) is 4.90 Å². The summed E-state index contributed by atoms with van der Waals surface area (Å²) >= 11 is 0. The van der Waals surface area contributed by atoms with Gasteiger partial charge in [0, 0.05) is 24.7 Å². The summed E-state index contributed by atoms with van der Waals surface area (Å²) in [6, 6.07) is 2.55. The Balaban J connectivity index is 1.92. The number of rotatable bonds is 5. The zero-order valence-corrected chi connectivity index (χ0v) is 10.1. The van der Waals surface area contributed by atoms with Crippen molar-refractivity contribution >= 4 is 0 Å². The van der Waals surface area contributed by atoms with Crippen LogP contribution >= 0.6 is 0 Å². The Kier molecular flexibility index (Phi) is 4.02. The highest BCUT2D eigenvalue weighted by molar-refractivity contribution is 5.05. The summed E-state index contributed by atoms with van der Waals surface area (Å²) in [5.41, 5.74) is 7.15. The molecule has 1 atom stereocenters. The first-order valence-corrected chi connectivity index (χ1v) is 6.22. The molecule has 0 aliphatic heterocycles. The van der Waals surface area contributed by atoms with Gasteiger partial charge >= 0.3 is 0 Å². The molecule has 0 amide bonds. The van der Waals surface area contributed by atoms with Gasteiger partial charge in [-0.1, -0.05) is 12.8 Å². The number of nitrogens with two attached hydrogens (primary N) is 1. The van der Waals surface area contributed by atoms with Crippen molar-refractivity contribution in [2.45, 2.75) is 38.3 Å². The minimum absolute atomic E-state index is 0.525. The summed E-state index contributed by atoms with van der Waals surface area (Å²) in [4.78, 5) is 2.38. The van der Waals surface area contributed by atoms with E-state index in [1.165, 1.54) is 31.2 Å². The Morgan fingerprint density at radius 2 is 2.25 bits per heavy atom. The minimum atomic E-state index is 0.525. The zero-order valence-electron chi connectivity index (χ0n) is 10.1. The molecule has 3 nitrogen and oxygen atoms in total. The molecule has 0 aromatic carbocycles. The predicted molar refractivity (Wildman–Crippen MR) is 65.0 cm³/mol. The van der Waals surface area contributed by atoms with Gasteiger partial charge in [0.05, 0.1) is 12.5 Å². The van der Waals surface area contributed by atoms with Gasteiger partial charge in [-0.2, -0.15) is 0 Å². The molecule has 2 N–H and O–H groups in total. The molecule has 0 radical (unpaired) electrons. The first-order chi connectivity index (χ1) is 7.81. The molecule has 1 fully saturated rings. The summed E-state index contributed by atoms with van der Waals surface area (Å²) in [6.07, 6.45) is 8.99. The van der Waals surface area contributed by atoms with Crippen molar-refractivity contribution in [2.75, 3.05) is 13.6 Å². The summed E-state index contributed by atoms with van der Waals surface area (Å²) in [5.74, 6) is 0.793. The summed E-state index contributed by atoms with van der Waals surface area (Å²) in [5, 5.41) is 0. The van der Waals surface area contributed by atoms with E-state index < -0.39 is 0 Å². The fraction of sp³-hybridized carbons (Fsp3) is 0.692. The zero-order chi connectivity index (χ0) is 11.4. The molecular formula is C13H22N2O. The molecule has 1 aliphatic rings. The Hall–Kier alpha value is -0.800. The number of nitrogens with zero attached hydrogens (tertiary/aromatic N) is 1. The van der Waals surface area contributed by atoms with Crippen LogP contribution in [0, 0.1) is 5.92 Å². The molecule has 0 bridgehead atoms. The van der Waals surface area contributed by atoms with Crippen molar-refractivity contribution in [2.24, 2.45) is 11.7 Å². The quantitative estimate of drug-likeness (QED) is 0.830. The normalized spacial score (nSPS) is 19.4. The third-order valence-corrected chi connectivity index (χ3v) is 3.76. The van der Waals surface area contributed by atoms with E-state index in [2.05, 4.69) is 11.9 Å². The van der Waals surface area contributed by atoms with Crippen LogP contribution in [-0.2, 0) is 6.54 Å². The van der Waals surface area contributed by atoms with E-state index in [9.17, 15) is 0 Å². The van der Waals surface area contributed by atoms with E-state index in [1.807, 2.05) is 12.3 Å². The third kappa shape index (κ3) is 2.66. The Morgan fingerprint density at radius 3 is 2.81 bits per heavy atom. The van der Waals surface area contributed by atoms with E-state index in [0.29, 0.717) is 6.04 Å². The van der Waals surface area contributed by atoms with E-state index in [4.69, 9.17) is 10.2 Å². The lowest BCUT2D eigenvalue weighted by Crippen LogP contribution is -2.42. The molecule has 2 rings (SSSR count). The van der Waals surface area contributed by atoms with Crippen LogP contribution in [-0.4, -0.2) is 24.5 Å². The van der Waals surface area contributed by atoms with Crippen LogP contribution < -0.4 is 5.73 Å². The van der Waals surface area contributed by atoms with Gasteiger partial charge < -0.3 is 10.2 Å². The van der Waals surface area contributed by atoms with E-state index in [1.54, 1.807) is 6.26 Å². The van der Waals surface area contributed by atoms with Crippen LogP contribution in [0.1, 0.15) is 31.2 Å². The molecular weight excluding hydrogens is 200 g/mol. The smallest absolute Gasteiger partial charge is 0.0947 e. The van der Waals surface area contributed by atoms with Gasteiger partial charge in [-0.15, -0.1) is 0 Å². The van der Waals surface area contributed by atoms with Gasteiger partial charge in [-0.05, 0) is 31.9 Å². The molecule has 90 valence electrons. The van der Waals surface area contributed by atoms with Gasteiger partial charge in [-0.25, -0.2) is 0 Å². The Morgan fingerprint density at radius 1 is 1.50 bits per heavy atom. The lowest BCUT2D eigenvalue weighted by atomic mass is 9.97. The number of likely N-dealkylation sites (N-methyl/N-ethyl adjacent to an activating group) is 1. The fourth-order valence-corrected chi connectivity index (χ4v) is 2.86. The third-order valence-electron chi connectivity index (χ3n) is 3.76. The minimum Gasteiger partial charge on any atom is -0.472 e. The first-order valence-electron chi connectivity index (χ1n) is 6.22. The fourth-order valence-electron chi connectivity index (χ4n) is 2.86. The molecule has 0 spiro atoms. The molecule has 0 saturated heterocycles. The number of hydrogen-bond donors (Lipinski definition) is 1. The topological polar surface area (TPSA) is 42.4 Å². The summed E-state index contributed by atoms with van der Waals surface area (Å²) < 4.78 is 5.10. The molecule has 1 heterocycles. The van der Waals surface area contributed by atoms with Crippen LogP contribution in [0.4, 0.5) is 0 Å². The molecule has 1 unspecified atom stereocenters. The van der Waals surface area contributed by atoms with Crippen molar-refractivity contribution in [1.29, 1.82) is 0 Å². The van der Waals surface area contributed by atoms with Crippen LogP contribution in [0.15, 0.2) is 23.0 Å². The van der Waals surface area contributed by atoms with Gasteiger partial charge in [0.25, 0.3) is 0 Å². The Bertz CT molecular complexity index is 291. The lowest BCUT2D eigenvalue weighted by Gasteiger charge is -2.31. The van der Waals surface area contributed by atoms with Crippen molar-refractivity contribution in [1.82, 2.24) is 4.90 Å². The number of furan rings is 1. The second-order valence-electron chi connectivity index (χ2n) is 4.89. The largest absolute Gasteiger partial charge is 0.472 e. The van der Waals surface area contributed by atoms with Gasteiger partial charge in [0.2, 0.25) is 0 Å². The second-order valence-corrected chi connectivity index (χ2v) is 4.89. The van der Waals surface area contributed by atoms with E-state index >= 15 is 0 Å². The highest BCUT2D eigenvalue weighted by Gasteiger charge is 2.26. The monoisotopic (exact) mass is 222 g/mol. The summed E-state index contributed by atoms with van der Waals surface area (Å²) in [6.45, 7) is 1.70. The van der Waals surface area contributed by atoms with E-state index in [0.717, 1.165) is 19.0 Å². The summed E-state index contributed by atoms with van der Waals surface area (Å²) in [7, 11) is 2.17. The predicted octanol–water partition coefficient (Wildman–Crippen LogP) is 2.23. The van der Waals surface area contributed by atoms with Gasteiger partial charge in [0.15, 0.2) is 0 Å². The maximum absolute atomic E-state index is 5.92. The second kappa shape index (κ2) is 5.51. The Labute approximate surface area is 97.6 Å². The SMILES string of the molecule is CN(Cc1ccoc1)C(CN)C1CCCC1. The average molecular weight is 222 g/mol. The first kappa shape index (κ1) is 11.7. The highest BCUT2D eigenvalue weighted by atomic mass is 16.3. The van der Waals surface area contributed by atoms with Crippen LogP contribution in [0.5, 0.6) is 0 Å². The van der Waals surface area contributed by atoms with Crippen molar-refractivity contribution in [3.8, 4) is 0 Å². The molecule has 3 heteroatoms. The average Bonchev–Trinajstić information content (AvgIpc) is 2.91. The van der Waals surface area contributed by atoms with Crippen LogP contribution in [0.25, 0.3) is 0 Å². The van der Waals surface area contributed by atoms with Crippen molar-refractivity contribution < 1.29 is 4.42 Å². The molecule has 1 aromatic rings. The highest BCUT2D eigenvalue weighted by Crippen LogP contribution is 2.30. The maximum Gasteiger partial charge on any atom is 0.0947 e. The molecule has 16 heavy (non-hydrogen) atoms. The molecule has 1 aliphatic carbocycles. The van der Waals surface area contributed by atoms with Crippen LogP contribution in [0.3, 0.4) is 0 Å². The lowest BCUT2D eigenvalue weighted by molar-refractivity contribution is 0.174.